The summed E-state index contributed by atoms with van der Waals surface area (Å²) in [5, 5.41) is 10.2. The highest BCUT2D eigenvalue weighted by Crippen LogP contribution is 2.08. The number of carbonyl (C=O) groups is 1. The van der Waals surface area contributed by atoms with Crippen molar-refractivity contribution in [1.29, 1.82) is 0 Å². The number of H-pyrrole nitrogens is 1. The number of hydrogen-bond donors (Lipinski definition) is 2. The number of likely N-dealkylation sites (N-methyl/N-ethyl adjacent to an activating group) is 1. The van der Waals surface area contributed by atoms with Crippen LogP contribution in [0.5, 0.6) is 0 Å². The van der Waals surface area contributed by atoms with Crippen LogP contribution in [0.4, 0.5) is 0 Å². The molecule has 17 heavy (non-hydrogen) atoms. The molecule has 0 aliphatic rings. The topological polar surface area (TPSA) is 61.0 Å². The summed E-state index contributed by atoms with van der Waals surface area (Å²) in [4.78, 5) is 13.6. The average Bonchev–Trinajstić information content (AvgIpc) is 2.62. The van der Waals surface area contributed by atoms with Crippen LogP contribution < -0.4 is 5.32 Å². The maximum atomic E-state index is 11.7. The number of carbonyl (C=O) groups excluding carboxylic acids is 1. The molecule has 0 aliphatic heterocycles. The summed E-state index contributed by atoms with van der Waals surface area (Å²) >= 11 is 0. The molecule has 0 saturated carbocycles. The van der Waals surface area contributed by atoms with Gasteiger partial charge in [-0.1, -0.05) is 0 Å². The Morgan fingerprint density at radius 1 is 1.35 bits per heavy atom. The Morgan fingerprint density at radius 3 is 2.47 bits per heavy atom. The van der Waals surface area contributed by atoms with Gasteiger partial charge >= 0.3 is 0 Å². The van der Waals surface area contributed by atoms with Crippen LogP contribution in [-0.2, 0) is 11.3 Å². The molecule has 0 radical (unpaired) electrons. The van der Waals surface area contributed by atoms with Crippen molar-refractivity contribution in [3.05, 3.63) is 17.0 Å². The van der Waals surface area contributed by atoms with E-state index in [1.165, 1.54) is 0 Å². The molecule has 1 rings (SSSR count). The highest BCUT2D eigenvalue weighted by molar-refractivity contribution is 5.78. The molecule has 0 atom stereocenters. The fourth-order valence-electron chi connectivity index (χ4n) is 1.82. The molecule has 0 bridgehead atoms. The first kappa shape index (κ1) is 13.7. The van der Waals surface area contributed by atoms with Crippen molar-refractivity contribution in [1.82, 2.24) is 20.4 Å². The zero-order chi connectivity index (χ0) is 12.8. The van der Waals surface area contributed by atoms with Gasteiger partial charge in [0.05, 0.1) is 12.2 Å². The first-order valence-corrected chi connectivity index (χ1v) is 6.09. The third-order valence-corrected chi connectivity index (χ3v) is 2.97. The second-order valence-electron chi connectivity index (χ2n) is 4.08. The molecule has 0 aliphatic carbocycles. The minimum absolute atomic E-state index is 0.147. The first-order chi connectivity index (χ1) is 8.10. The molecule has 2 N–H and O–H groups in total. The van der Waals surface area contributed by atoms with E-state index in [4.69, 9.17) is 0 Å². The molecule has 0 spiro atoms. The smallest absolute Gasteiger partial charge is 0.236 e. The van der Waals surface area contributed by atoms with Crippen molar-refractivity contribution in [3.63, 3.8) is 0 Å². The predicted molar refractivity (Wildman–Crippen MR) is 67.7 cm³/mol. The van der Waals surface area contributed by atoms with Gasteiger partial charge in [0.15, 0.2) is 0 Å². The minimum atomic E-state index is 0.147. The molecule has 0 unspecified atom stereocenters. The van der Waals surface area contributed by atoms with Gasteiger partial charge in [-0.2, -0.15) is 5.10 Å². The fraction of sp³-hybridized carbons (Fsp3) is 0.667. The molecule has 0 aromatic carbocycles. The summed E-state index contributed by atoms with van der Waals surface area (Å²) in [7, 11) is 0. The molecular weight excluding hydrogens is 216 g/mol. The van der Waals surface area contributed by atoms with Gasteiger partial charge in [0.2, 0.25) is 5.91 Å². The summed E-state index contributed by atoms with van der Waals surface area (Å²) in [6.07, 6.45) is 0. The summed E-state index contributed by atoms with van der Waals surface area (Å²) in [6.45, 7) is 10.5. The maximum absolute atomic E-state index is 11.7. The Kier molecular flexibility index (Phi) is 5.15. The van der Waals surface area contributed by atoms with Crippen molar-refractivity contribution < 1.29 is 4.79 Å². The highest BCUT2D eigenvalue weighted by atomic mass is 16.2. The van der Waals surface area contributed by atoms with E-state index in [0.717, 1.165) is 30.0 Å². The fourth-order valence-corrected chi connectivity index (χ4v) is 1.82. The van der Waals surface area contributed by atoms with Crippen molar-refractivity contribution >= 4 is 5.91 Å². The van der Waals surface area contributed by atoms with Crippen molar-refractivity contribution in [2.45, 2.75) is 34.2 Å². The van der Waals surface area contributed by atoms with E-state index in [0.29, 0.717) is 13.1 Å². The molecule has 5 heteroatoms. The van der Waals surface area contributed by atoms with E-state index in [9.17, 15) is 4.79 Å². The summed E-state index contributed by atoms with van der Waals surface area (Å²) < 4.78 is 0. The summed E-state index contributed by atoms with van der Waals surface area (Å²) in [6, 6.07) is 0. The third-order valence-electron chi connectivity index (χ3n) is 2.97. The van der Waals surface area contributed by atoms with Crippen molar-refractivity contribution in [2.75, 3.05) is 19.6 Å². The van der Waals surface area contributed by atoms with Gasteiger partial charge in [0, 0.05) is 30.9 Å². The average molecular weight is 238 g/mol. The summed E-state index contributed by atoms with van der Waals surface area (Å²) in [5.41, 5.74) is 3.20. The number of nitrogens with zero attached hydrogens (tertiary/aromatic N) is 2. The van der Waals surface area contributed by atoms with E-state index >= 15 is 0 Å². The summed E-state index contributed by atoms with van der Waals surface area (Å²) in [5.74, 6) is 0.147. The highest BCUT2D eigenvalue weighted by Gasteiger charge is 2.10. The van der Waals surface area contributed by atoms with Gasteiger partial charge in [-0.05, 0) is 27.7 Å². The lowest BCUT2D eigenvalue weighted by Gasteiger charge is -2.18. The van der Waals surface area contributed by atoms with Gasteiger partial charge in [-0.15, -0.1) is 0 Å². The van der Waals surface area contributed by atoms with Crippen LogP contribution in [0.25, 0.3) is 0 Å². The zero-order valence-electron chi connectivity index (χ0n) is 11.1. The quantitative estimate of drug-likeness (QED) is 0.777. The van der Waals surface area contributed by atoms with Crippen LogP contribution in [0.3, 0.4) is 0 Å². The normalized spacial score (nSPS) is 10.6. The van der Waals surface area contributed by atoms with Crippen LogP contribution in [0.15, 0.2) is 0 Å². The van der Waals surface area contributed by atoms with Crippen LogP contribution in [0.2, 0.25) is 0 Å². The Morgan fingerprint density at radius 2 is 2.00 bits per heavy atom. The Bertz CT molecular complexity index is 349. The molecule has 0 saturated heterocycles. The van der Waals surface area contributed by atoms with E-state index in [1.807, 2.05) is 32.6 Å². The largest absolute Gasteiger partial charge is 0.342 e. The zero-order valence-corrected chi connectivity index (χ0v) is 11.1. The monoisotopic (exact) mass is 238 g/mol. The van der Waals surface area contributed by atoms with Crippen LogP contribution in [0.1, 0.15) is 30.8 Å². The van der Waals surface area contributed by atoms with Crippen LogP contribution in [0, 0.1) is 13.8 Å². The van der Waals surface area contributed by atoms with E-state index < -0.39 is 0 Å². The van der Waals surface area contributed by atoms with Gasteiger partial charge in [0.25, 0.3) is 0 Å². The van der Waals surface area contributed by atoms with E-state index in [-0.39, 0.29) is 5.91 Å². The molecule has 1 heterocycles. The van der Waals surface area contributed by atoms with Crippen LogP contribution in [-0.4, -0.2) is 40.6 Å². The Hall–Kier alpha value is -1.36. The lowest BCUT2D eigenvalue weighted by atomic mass is 10.2. The first-order valence-electron chi connectivity index (χ1n) is 6.09. The Labute approximate surface area is 103 Å². The molecule has 96 valence electrons. The maximum Gasteiger partial charge on any atom is 0.236 e. The predicted octanol–water partition coefficient (Wildman–Crippen LogP) is 0.985. The number of rotatable bonds is 6. The number of hydrogen-bond acceptors (Lipinski definition) is 3. The van der Waals surface area contributed by atoms with Gasteiger partial charge in [0.1, 0.15) is 0 Å². The third kappa shape index (κ3) is 3.56. The van der Waals surface area contributed by atoms with E-state index in [1.54, 1.807) is 0 Å². The number of amides is 1. The van der Waals surface area contributed by atoms with Gasteiger partial charge < -0.3 is 10.2 Å². The molecule has 5 nitrogen and oxygen atoms in total. The number of aromatic amines is 1. The van der Waals surface area contributed by atoms with Gasteiger partial charge in [-0.25, -0.2) is 0 Å². The Balaban J connectivity index is 2.40. The standard InChI is InChI=1S/C12H22N4O/c1-5-16(6-2)12(17)8-13-7-11-9(3)14-15-10(11)4/h13H,5-8H2,1-4H3,(H,14,15). The SMILES string of the molecule is CCN(CC)C(=O)CNCc1c(C)n[nH]c1C. The number of aromatic nitrogens is 2. The van der Waals surface area contributed by atoms with Crippen molar-refractivity contribution in [3.8, 4) is 0 Å². The lowest BCUT2D eigenvalue weighted by molar-refractivity contribution is -0.129. The molecule has 1 aromatic heterocycles. The molecule has 0 fully saturated rings. The second-order valence-corrected chi connectivity index (χ2v) is 4.08. The molecule has 1 amide bonds. The number of nitrogens with one attached hydrogen (secondary N) is 2. The van der Waals surface area contributed by atoms with Crippen LogP contribution >= 0.6 is 0 Å². The minimum Gasteiger partial charge on any atom is -0.342 e. The van der Waals surface area contributed by atoms with Crippen molar-refractivity contribution in [2.24, 2.45) is 0 Å². The number of aryl methyl sites for hydroxylation is 2. The second kappa shape index (κ2) is 6.39. The van der Waals surface area contributed by atoms with Gasteiger partial charge in [-0.3, -0.25) is 9.89 Å². The lowest BCUT2D eigenvalue weighted by Crippen LogP contribution is -2.37. The molecule has 1 aromatic rings. The molecular formula is C12H22N4O. The van der Waals surface area contributed by atoms with E-state index in [2.05, 4.69) is 15.5 Å².